The lowest BCUT2D eigenvalue weighted by molar-refractivity contribution is -0.384. The van der Waals surface area contributed by atoms with Crippen molar-refractivity contribution in [3.8, 4) is 17.2 Å². The Morgan fingerprint density at radius 1 is 0.969 bits per heavy atom. The van der Waals surface area contributed by atoms with Crippen LogP contribution >= 0.6 is 0 Å². The fraction of sp³-hybridized carbons (Fsp3) is 0.130. The molecule has 9 nitrogen and oxygen atoms in total. The van der Waals surface area contributed by atoms with E-state index in [1.807, 2.05) is 30.3 Å². The van der Waals surface area contributed by atoms with E-state index in [1.165, 1.54) is 26.6 Å². The Balaban J connectivity index is 1.65. The minimum absolute atomic E-state index is 0.136. The summed E-state index contributed by atoms with van der Waals surface area (Å²) in [6.45, 7) is 0.308. The summed E-state index contributed by atoms with van der Waals surface area (Å²) in [6.07, 6.45) is 1.37. The molecule has 0 spiro atoms. The van der Waals surface area contributed by atoms with Gasteiger partial charge in [-0.15, -0.1) is 0 Å². The van der Waals surface area contributed by atoms with E-state index in [1.54, 1.807) is 24.3 Å². The van der Waals surface area contributed by atoms with Crippen molar-refractivity contribution < 1.29 is 19.1 Å². The lowest BCUT2D eigenvalue weighted by Gasteiger charge is -2.13. The average molecular weight is 432 g/mol. The first-order valence-corrected chi connectivity index (χ1v) is 9.68. The Morgan fingerprint density at radius 3 is 2.44 bits per heavy atom. The summed E-state index contributed by atoms with van der Waals surface area (Å²) in [7, 11) is 3.06. The Morgan fingerprint density at radius 2 is 1.72 bits per heavy atom. The van der Waals surface area contributed by atoms with Crippen LogP contribution in [0.15, 0.2) is 67.0 Å². The van der Waals surface area contributed by atoms with Gasteiger partial charge in [0.25, 0.3) is 5.69 Å². The molecule has 1 N–H and O–H groups in total. The highest BCUT2D eigenvalue weighted by Crippen LogP contribution is 2.36. The minimum Gasteiger partial charge on any atom is -0.493 e. The van der Waals surface area contributed by atoms with E-state index in [9.17, 15) is 10.1 Å². The first-order valence-electron chi connectivity index (χ1n) is 9.68. The van der Waals surface area contributed by atoms with Crippen molar-refractivity contribution in [2.75, 3.05) is 19.5 Å². The molecule has 32 heavy (non-hydrogen) atoms. The van der Waals surface area contributed by atoms with Crippen molar-refractivity contribution >= 4 is 28.1 Å². The number of methoxy groups -OCH3 is 2. The van der Waals surface area contributed by atoms with E-state index in [2.05, 4.69) is 15.3 Å². The molecule has 0 unspecified atom stereocenters. The van der Waals surface area contributed by atoms with E-state index in [0.29, 0.717) is 40.6 Å². The van der Waals surface area contributed by atoms with Crippen molar-refractivity contribution in [1.82, 2.24) is 9.97 Å². The van der Waals surface area contributed by atoms with Crippen LogP contribution in [0.25, 0.3) is 10.9 Å². The van der Waals surface area contributed by atoms with Gasteiger partial charge in [-0.3, -0.25) is 10.1 Å². The molecule has 4 aromatic rings. The molecule has 0 saturated carbocycles. The lowest BCUT2D eigenvalue weighted by atomic mass is 10.2. The van der Waals surface area contributed by atoms with Crippen LogP contribution in [0.5, 0.6) is 17.2 Å². The monoisotopic (exact) mass is 432 g/mol. The number of hydrogen-bond donors (Lipinski definition) is 1. The number of nitrogens with zero attached hydrogens (tertiary/aromatic N) is 3. The van der Waals surface area contributed by atoms with Crippen LogP contribution in [0.1, 0.15) is 5.56 Å². The molecule has 4 rings (SSSR count). The predicted octanol–water partition coefficient (Wildman–Crippen LogP) is 4.88. The Hall–Kier alpha value is -4.40. The molecule has 9 heteroatoms. The number of hydrogen-bond acceptors (Lipinski definition) is 8. The Labute approximate surface area is 183 Å². The van der Waals surface area contributed by atoms with Gasteiger partial charge in [0.2, 0.25) is 0 Å². The van der Waals surface area contributed by atoms with Crippen LogP contribution in [-0.4, -0.2) is 29.1 Å². The first-order chi connectivity index (χ1) is 15.6. The fourth-order valence-corrected chi connectivity index (χ4v) is 3.21. The Kier molecular flexibility index (Phi) is 5.98. The van der Waals surface area contributed by atoms with Gasteiger partial charge < -0.3 is 19.5 Å². The van der Waals surface area contributed by atoms with Crippen molar-refractivity contribution in [3.63, 3.8) is 0 Å². The molecule has 0 amide bonds. The molecule has 0 bridgehead atoms. The van der Waals surface area contributed by atoms with Crippen molar-refractivity contribution in [2.45, 2.75) is 6.61 Å². The van der Waals surface area contributed by atoms with Gasteiger partial charge in [0.1, 0.15) is 30.2 Å². The molecule has 1 heterocycles. The van der Waals surface area contributed by atoms with E-state index in [4.69, 9.17) is 14.2 Å². The maximum atomic E-state index is 11.7. The largest absolute Gasteiger partial charge is 0.493 e. The average Bonchev–Trinajstić information content (AvgIpc) is 2.83. The molecule has 162 valence electrons. The van der Waals surface area contributed by atoms with Crippen molar-refractivity contribution in [2.24, 2.45) is 0 Å². The van der Waals surface area contributed by atoms with Crippen molar-refractivity contribution in [1.29, 1.82) is 0 Å². The number of aromatic nitrogens is 2. The molecule has 0 radical (unpaired) electrons. The van der Waals surface area contributed by atoms with Gasteiger partial charge in [-0.1, -0.05) is 30.3 Å². The number of benzene rings is 3. The summed E-state index contributed by atoms with van der Waals surface area (Å²) in [6, 6.07) is 17.7. The number of nitro benzene ring substituents is 1. The SMILES string of the molecule is COc1cc2ncnc(Nc3ccc(OCc4ccccc4)cc3[N+](=O)[O-])c2cc1OC. The zero-order chi connectivity index (χ0) is 22.5. The summed E-state index contributed by atoms with van der Waals surface area (Å²) < 4.78 is 16.4. The summed E-state index contributed by atoms with van der Waals surface area (Å²) in [5, 5.41) is 15.4. The van der Waals surface area contributed by atoms with Crippen LogP contribution < -0.4 is 19.5 Å². The number of ether oxygens (including phenoxy) is 3. The van der Waals surface area contributed by atoms with Crippen LogP contribution in [0.3, 0.4) is 0 Å². The molecule has 0 aliphatic carbocycles. The van der Waals surface area contributed by atoms with Crippen LogP contribution in [-0.2, 0) is 6.61 Å². The second-order valence-corrected chi connectivity index (χ2v) is 6.78. The van der Waals surface area contributed by atoms with Gasteiger partial charge in [-0.2, -0.15) is 0 Å². The number of rotatable bonds is 8. The van der Waals surface area contributed by atoms with Gasteiger partial charge in [0.15, 0.2) is 11.5 Å². The standard InChI is InChI=1S/C23H20N4O5/c1-30-21-11-17-19(12-22(21)31-2)24-14-25-23(17)26-18-9-8-16(10-20(18)27(28)29)32-13-15-6-4-3-5-7-15/h3-12,14H,13H2,1-2H3,(H,24,25,26). The molecular weight excluding hydrogens is 412 g/mol. The normalized spacial score (nSPS) is 10.6. The molecular formula is C23H20N4O5. The smallest absolute Gasteiger partial charge is 0.296 e. The highest BCUT2D eigenvalue weighted by Gasteiger charge is 2.18. The third-order valence-electron chi connectivity index (χ3n) is 4.81. The first kappa shape index (κ1) is 20.9. The molecule has 0 fully saturated rings. The third-order valence-corrected chi connectivity index (χ3v) is 4.81. The lowest BCUT2D eigenvalue weighted by Crippen LogP contribution is -2.02. The zero-order valence-electron chi connectivity index (χ0n) is 17.4. The summed E-state index contributed by atoms with van der Waals surface area (Å²) in [5.41, 5.74) is 1.71. The summed E-state index contributed by atoms with van der Waals surface area (Å²) >= 11 is 0. The molecule has 0 atom stereocenters. The van der Waals surface area contributed by atoms with Gasteiger partial charge in [0, 0.05) is 11.5 Å². The highest BCUT2D eigenvalue weighted by atomic mass is 16.6. The maximum Gasteiger partial charge on any atom is 0.296 e. The zero-order valence-corrected chi connectivity index (χ0v) is 17.4. The topological polar surface area (TPSA) is 109 Å². The van der Waals surface area contributed by atoms with Gasteiger partial charge in [-0.25, -0.2) is 9.97 Å². The fourth-order valence-electron chi connectivity index (χ4n) is 3.21. The minimum atomic E-state index is -0.468. The van der Waals surface area contributed by atoms with Crippen LogP contribution in [0.4, 0.5) is 17.2 Å². The molecule has 0 aliphatic heterocycles. The van der Waals surface area contributed by atoms with E-state index >= 15 is 0 Å². The molecule has 3 aromatic carbocycles. The second kappa shape index (κ2) is 9.17. The maximum absolute atomic E-state index is 11.7. The van der Waals surface area contributed by atoms with Gasteiger partial charge in [-0.05, 0) is 23.8 Å². The summed E-state index contributed by atoms with van der Waals surface area (Å²) in [5.74, 6) is 1.81. The predicted molar refractivity (Wildman–Crippen MR) is 120 cm³/mol. The van der Waals surface area contributed by atoms with E-state index in [0.717, 1.165) is 5.56 Å². The second-order valence-electron chi connectivity index (χ2n) is 6.78. The number of nitro groups is 1. The van der Waals surface area contributed by atoms with Gasteiger partial charge >= 0.3 is 0 Å². The van der Waals surface area contributed by atoms with E-state index < -0.39 is 4.92 Å². The quantitative estimate of drug-likeness (QED) is 0.310. The van der Waals surface area contributed by atoms with Gasteiger partial charge in [0.05, 0.1) is 30.7 Å². The van der Waals surface area contributed by atoms with E-state index in [-0.39, 0.29) is 11.4 Å². The number of anilines is 2. The highest BCUT2D eigenvalue weighted by molar-refractivity contribution is 5.93. The van der Waals surface area contributed by atoms with Crippen molar-refractivity contribution in [3.05, 3.63) is 82.7 Å². The third kappa shape index (κ3) is 4.36. The molecule has 1 aromatic heterocycles. The van der Waals surface area contributed by atoms with Crippen LogP contribution in [0, 0.1) is 10.1 Å². The van der Waals surface area contributed by atoms with Crippen LogP contribution in [0.2, 0.25) is 0 Å². The number of fused-ring (bicyclic) bond motifs is 1. The molecule has 0 saturated heterocycles. The number of nitrogens with one attached hydrogen (secondary N) is 1. The molecule has 0 aliphatic rings. The Bertz CT molecular complexity index is 1260. The summed E-state index contributed by atoms with van der Waals surface area (Å²) in [4.78, 5) is 19.8.